The second-order valence-electron chi connectivity index (χ2n) is 7.40. The number of benzene rings is 1. The molecule has 0 aliphatic heterocycles. The molecule has 13 heteroatoms. The van der Waals surface area contributed by atoms with Gasteiger partial charge in [0.25, 0.3) is 0 Å². The fraction of sp³-hybridized carbons (Fsp3) is 0.227. The minimum absolute atomic E-state index is 0.00334. The highest BCUT2D eigenvalue weighted by Gasteiger charge is 2.28. The number of aliphatic hydroxyl groups excluding tert-OH is 1. The van der Waals surface area contributed by atoms with E-state index in [0.717, 1.165) is 12.3 Å². The third-order valence-corrected chi connectivity index (χ3v) is 6.21. The van der Waals surface area contributed by atoms with Gasteiger partial charge >= 0.3 is 0 Å². The van der Waals surface area contributed by atoms with Gasteiger partial charge in [-0.15, -0.1) is 10.2 Å². The summed E-state index contributed by atoms with van der Waals surface area (Å²) in [5, 5.41) is 18.5. The molecule has 184 valence electrons. The van der Waals surface area contributed by atoms with Crippen molar-refractivity contribution in [3.8, 4) is 28.8 Å². The van der Waals surface area contributed by atoms with Crippen molar-refractivity contribution < 1.29 is 31.8 Å². The van der Waals surface area contributed by atoms with Crippen molar-refractivity contribution >= 4 is 16.0 Å². The molecule has 11 nitrogen and oxygen atoms in total. The second-order valence-corrected chi connectivity index (χ2v) is 9.17. The number of aliphatic hydroxyl groups is 1. The number of para-hydroxylation sites is 1. The number of halogens is 1. The van der Waals surface area contributed by atoms with Gasteiger partial charge < -0.3 is 19.0 Å². The predicted molar refractivity (Wildman–Crippen MR) is 123 cm³/mol. The summed E-state index contributed by atoms with van der Waals surface area (Å²) in [5.41, 5.74) is 0.321. The molecule has 0 amide bonds. The van der Waals surface area contributed by atoms with E-state index >= 15 is 0 Å². The molecular formula is C22H22FN5O6S. The van der Waals surface area contributed by atoms with Crippen LogP contribution < -0.4 is 14.2 Å². The Hall–Kier alpha value is -3.97. The van der Waals surface area contributed by atoms with Crippen LogP contribution in [0.3, 0.4) is 0 Å². The molecule has 3 aromatic heterocycles. The van der Waals surface area contributed by atoms with Crippen LogP contribution in [-0.4, -0.2) is 53.2 Å². The van der Waals surface area contributed by atoms with Gasteiger partial charge in [-0.2, -0.15) is 0 Å². The monoisotopic (exact) mass is 503 g/mol. The van der Waals surface area contributed by atoms with E-state index in [0.29, 0.717) is 28.7 Å². The third kappa shape index (κ3) is 5.10. The standard InChI is InChI=1S/C22H22FN5O6S/c1-13-7-10-19(34-13)21-25-26-22(28(21)20-17(32-2)5-4-6-18(20)33-3)27-35(30,31)12-16(29)15-9-8-14(23)11-24-15/h4-11,16,29H,12H2,1-3H3,(H,26,27)/t16-/m1/s1. The maximum atomic E-state index is 13.1. The average Bonchev–Trinajstić information content (AvgIpc) is 3.43. The molecule has 0 aliphatic rings. The van der Waals surface area contributed by atoms with Crippen LogP contribution in [0.1, 0.15) is 17.6 Å². The van der Waals surface area contributed by atoms with Gasteiger partial charge in [0.05, 0.1) is 26.1 Å². The predicted octanol–water partition coefficient (Wildman–Crippen LogP) is 2.86. The Labute approximate surface area is 200 Å². The number of ether oxygens (including phenoxy) is 2. The number of aryl methyl sites for hydroxylation is 1. The van der Waals surface area contributed by atoms with Crippen LogP contribution in [0.4, 0.5) is 10.3 Å². The van der Waals surface area contributed by atoms with Crippen LogP contribution in [0.25, 0.3) is 17.3 Å². The van der Waals surface area contributed by atoms with E-state index in [-0.39, 0.29) is 17.5 Å². The lowest BCUT2D eigenvalue weighted by Gasteiger charge is -2.17. The smallest absolute Gasteiger partial charge is 0.243 e. The molecule has 2 N–H and O–H groups in total. The Balaban J connectivity index is 1.77. The topological polar surface area (TPSA) is 142 Å². The highest BCUT2D eigenvalue weighted by Crippen LogP contribution is 2.38. The molecule has 1 atom stereocenters. The minimum Gasteiger partial charge on any atom is -0.494 e. The van der Waals surface area contributed by atoms with Crippen LogP contribution in [0.5, 0.6) is 11.5 Å². The molecule has 0 unspecified atom stereocenters. The number of pyridine rings is 1. The highest BCUT2D eigenvalue weighted by molar-refractivity contribution is 7.92. The minimum atomic E-state index is -4.19. The van der Waals surface area contributed by atoms with Crippen LogP contribution in [0, 0.1) is 12.7 Å². The van der Waals surface area contributed by atoms with E-state index < -0.39 is 27.7 Å². The van der Waals surface area contributed by atoms with Gasteiger partial charge in [0.15, 0.2) is 5.76 Å². The largest absolute Gasteiger partial charge is 0.494 e. The number of hydrogen-bond acceptors (Lipinski definition) is 9. The molecule has 35 heavy (non-hydrogen) atoms. The first kappa shape index (κ1) is 24.2. The molecule has 0 saturated carbocycles. The number of sulfonamides is 1. The Kier molecular flexibility index (Phi) is 6.71. The van der Waals surface area contributed by atoms with Gasteiger partial charge in [0.1, 0.15) is 40.6 Å². The number of aromatic nitrogens is 4. The maximum Gasteiger partial charge on any atom is 0.243 e. The van der Waals surface area contributed by atoms with E-state index in [1.54, 1.807) is 37.3 Å². The number of furan rings is 1. The van der Waals surface area contributed by atoms with Crippen molar-refractivity contribution in [1.82, 2.24) is 19.7 Å². The molecule has 0 spiro atoms. The van der Waals surface area contributed by atoms with Gasteiger partial charge in [-0.25, -0.2) is 12.8 Å². The summed E-state index contributed by atoms with van der Waals surface area (Å²) < 4.78 is 59.4. The van der Waals surface area contributed by atoms with Crippen molar-refractivity contribution in [2.75, 3.05) is 24.7 Å². The van der Waals surface area contributed by atoms with Crippen LogP contribution in [-0.2, 0) is 10.0 Å². The van der Waals surface area contributed by atoms with Gasteiger partial charge in [-0.1, -0.05) is 6.07 Å². The average molecular weight is 504 g/mol. The van der Waals surface area contributed by atoms with E-state index in [2.05, 4.69) is 19.9 Å². The summed E-state index contributed by atoms with van der Waals surface area (Å²) >= 11 is 0. The first-order chi connectivity index (χ1) is 16.7. The molecule has 0 saturated heterocycles. The van der Waals surface area contributed by atoms with E-state index in [4.69, 9.17) is 13.9 Å². The van der Waals surface area contributed by atoms with Crippen LogP contribution in [0.15, 0.2) is 53.1 Å². The van der Waals surface area contributed by atoms with Crippen LogP contribution in [0.2, 0.25) is 0 Å². The zero-order valence-electron chi connectivity index (χ0n) is 19.0. The van der Waals surface area contributed by atoms with E-state index in [9.17, 15) is 17.9 Å². The van der Waals surface area contributed by atoms with Gasteiger partial charge in [-0.05, 0) is 43.3 Å². The Morgan fingerprint density at radius 2 is 1.83 bits per heavy atom. The lowest BCUT2D eigenvalue weighted by atomic mass is 10.2. The van der Waals surface area contributed by atoms with Gasteiger partial charge in [-0.3, -0.25) is 14.3 Å². The lowest BCUT2D eigenvalue weighted by molar-refractivity contribution is 0.196. The Morgan fingerprint density at radius 1 is 1.11 bits per heavy atom. The number of nitrogens with one attached hydrogen (secondary N) is 1. The number of hydrogen-bond donors (Lipinski definition) is 2. The zero-order chi connectivity index (χ0) is 25.2. The highest BCUT2D eigenvalue weighted by atomic mass is 32.2. The molecule has 4 aromatic rings. The fourth-order valence-electron chi connectivity index (χ4n) is 3.39. The first-order valence-corrected chi connectivity index (χ1v) is 11.9. The lowest BCUT2D eigenvalue weighted by Crippen LogP contribution is -2.24. The van der Waals surface area contributed by atoms with E-state index in [1.807, 2.05) is 0 Å². The van der Waals surface area contributed by atoms with Crippen LogP contribution >= 0.6 is 0 Å². The quantitative estimate of drug-likeness (QED) is 0.353. The van der Waals surface area contributed by atoms with Crippen molar-refractivity contribution in [2.24, 2.45) is 0 Å². The normalized spacial score (nSPS) is 12.4. The molecule has 4 rings (SSSR count). The van der Waals surface area contributed by atoms with Gasteiger partial charge in [0.2, 0.25) is 21.8 Å². The number of rotatable bonds is 9. The molecule has 0 bridgehead atoms. The fourth-order valence-corrected chi connectivity index (χ4v) is 4.47. The maximum absolute atomic E-state index is 13.1. The van der Waals surface area contributed by atoms with Crippen molar-refractivity contribution in [3.05, 3.63) is 65.9 Å². The Morgan fingerprint density at radius 3 is 2.40 bits per heavy atom. The summed E-state index contributed by atoms with van der Waals surface area (Å²) in [5.74, 6) is 0.241. The molecule has 1 aromatic carbocycles. The summed E-state index contributed by atoms with van der Waals surface area (Å²) in [7, 11) is -1.29. The summed E-state index contributed by atoms with van der Waals surface area (Å²) in [6.07, 6.45) is -0.627. The van der Waals surface area contributed by atoms with E-state index in [1.165, 1.54) is 24.9 Å². The van der Waals surface area contributed by atoms with Crippen molar-refractivity contribution in [2.45, 2.75) is 13.0 Å². The third-order valence-electron chi connectivity index (χ3n) is 4.96. The second kappa shape index (κ2) is 9.72. The number of nitrogens with zero attached hydrogens (tertiary/aromatic N) is 4. The molecule has 0 aliphatic carbocycles. The summed E-state index contributed by atoms with van der Waals surface area (Å²) in [6.45, 7) is 1.75. The first-order valence-electron chi connectivity index (χ1n) is 10.3. The summed E-state index contributed by atoms with van der Waals surface area (Å²) in [4.78, 5) is 3.73. The molecule has 0 radical (unpaired) electrons. The SMILES string of the molecule is COc1cccc(OC)c1-n1c(NS(=O)(=O)C[C@@H](O)c2ccc(F)cn2)nnc1-c1ccc(C)o1. The molecule has 0 fully saturated rings. The molecule has 3 heterocycles. The van der Waals surface area contributed by atoms with Crippen molar-refractivity contribution in [1.29, 1.82) is 0 Å². The zero-order valence-corrected chi connectivity index (χ0v) is 19.8. The number of anilines is 1. The van der Waals surface area contributed by atoms with Crippen molar-refractivity contribution in [3.63, 3.8) is 0 Å². The number of methoxy groups -OCH3 is 2. The van der Waals surface area contributed by atoms with Gasteiger partial charge in [0, 0.05) is 0 Å². The molecular weight excluding hydrogens is 481 g/mol. The Bertz CT molecular complexity index is 1410. The summed E-state index contributed by atoms with van der Waals surface area (Å²) in [6, 6.07) is 10.7.